The van der Waals surface area contributed by atoms with E-state index < -0.39 is 0 Å². The van der Waals surface area contributed by atoms with E-state index in [1.807, 2.05) is 49.0 Å². The van der Waals surface area contributed by atoms with E-state index in [2.05, 4.69) is 17.0 Å². The van der Waals surface area contributed by atoms with Crippen LogP contribution in [0.1, 0.15) is 31.0 Å². The number of nitrogens with one attached hydrogen (secondary N) is 1. The quantitative estimate of drug-likeness (QED) is 0.686. The highest BCUT2D eigenvalue weighted by molar-refractivity contribution is 5.90. The van der Waals surface area contributed by atoms with Crippen molar-refractivity contribution in [2.45, 2.75) is 26.4 Å². The molecule has 27 heavy (non-hydrogen) atoms. The number of methoxy groups -OCH3 is 1. The van der Waals surface area contributed by atoms with Gasteiger partial charge in [-0.3, -0.25) is 14.3 Å². The lowest BCUT2D eigenvalue weighted by atomic mass is 10.0. The van der Waals surface area contributed by atoms with E-state index in [1.165, 1.54) is 11.0 Å². The molecule has 0 spiro atoms. The summed E-state index contributed by atoms with van der Waals surface area (Å²) in [7, 11) is 1.63. The van der Waals surface area contributed by atoms with Gasteiger partial charge in [-0.2, -0.15) is 5.10 Å². The van der Waals surface area contributed by atoms with Crippen molar-refractivity contribution in [3.05, 3.63) is 60.4 Å². The predicted octanol–water partition coefficient (Wildman–Crippen LogP) is 2.15. The van der Waals surface area contributed by atoms with Gasteiger partial charge in [-0.1, -0.05) is 12.6 Å². The van der Waals surface area contributed by atoms with Crippen molar-refractivity contribution >= 4 is 11.8 Å². The highest BCUT2D eigenvalue weighted by atomic mass is 16.5. The van der Waals surface area contributed by atoms with Crippen LogP contribution in [0.2, 0.25) is 0 Å². The van der Waals surface area contributed by atoms with Gasteiger partial charge in [0.25, 0.3) is 0 Å². The number of likely N-dealkylation sites (N-methyl/N-ethyl adjacent to an activating group) is 1. The van der Waals surface area contributed by atoms with Crippen LogP contribution in [0.4, 0.5) is 0 Å². The van der Waals surface area contributed by atoms with Gasteiger partial charge in [-0.25, -0.2) is 0 Å². The first-order valence-corrected chi connectivity index (χ1v) is 8.83. The van der Waals surface area contributed by atoms with E-state index in [-0.39, 0.29) is 24.4 Å². The maximum Gasteiger partial charge on any atom is 0.246 e. The van der Waals surface area contributed by atoms with Gasteiger partial charge in [0.15, 0.2) is 0 Å². The van der Waals surface area contributed by atoms with Crippen LogP contribution in [0.5, 0.6) is 5.75 Å². The Morgan fingerprint density at radius 2 is 2.22 bits per heavy atom. The third-order valence-electron chi connectivity index (χ3n) is 4.28. The van der Waals surface area contributed by atoms with Crippen LogP contribution in [0.25, 0.3) is 0 Å². The maximum atomic E-state index is 12.3. The van der Waals surface area contributed by atoms with Crippen LogP contribution in [-0.2, 0) is 16.1 Å². The first kappa shape index (κ1) is 20.2. The lowest BCUT2D eigenvalue weighted by Gasteiger charge is -2.21. The molecule has 7 nitrogen and oxygen atoms in total. The molecular formula is C20H26N4O3. The third kappa shape index (κ3) is 5.44. The fourth-order valence-corrected chi connectivity index (χ4v) is 2.78. The topological polar surface area (TPSA) is 76.5 Å². The van der Waals surface area contributed by atoms with E-state index in [0.29, 0.717) is 13.1 Å². The normalized spacial score (nSPS) is 11.5. The smallest absolute Gasteiger partial charge is 0.246 e. The molecule has 0 aliphatic rings. The molecule has 2 rings (SSSR count). The summed E-state index contributed by atoms with van der Waals surface area (Å²) in [6.07, 6.45) is 4.82. The lowest BCUT2D eigenvalue weighted by molar-refractivity contribution is -0.132. The summed E-state index contributed by atoms with van der Waals surface area (Å²) in [6.45, 7) is 8.21. The van der Waals surface area contributed by atoms with Crippen LogP contribution in [-0.4, -0.2) is 46.7 Å². The fourth-order valence-electron chi connectivity index (χ4n) is 2.78. The summed E-state index contributed by atoms with van der Waals surface area (Å²) in [5.74, 6) is 0.289. The molecular weight excluding hydrogens is 344 g/mol. The van der Waals surface area contributed by atoms with Crippen molar-refractivity contribution in [3.8, 4) is 5.75 Å². The Morgan fingerprint density at radius 3 is 2.81 bits per heavy atom. The number of rotatable bonds is 9. The van der Waals surface area contributed by atoms with Gasteiger partial charge in [0.05, 0.1) is 26.2 Å². The molecule has 0 radical (unpaired) electrons. The van der Waals surface area contributed by atoms with Gasteiger partial charge in [0.1, 0.15) is 5.75 Å². The summed E-state index contributed by atoms with van der Waals surface area (Å²) >= 11 is 0. The molecule has 0 fully saturated rings. The van der Waals surface area contributed by atoms with Gasteiger partial charge in [-0.05, 0) is 43.7 Å². The second-order valence-corrected chi connectivity index (χ2v) is 6.12. The molecule has 1 atom stereocenters. The molecule has 144 valence electrons. The SMILES string of the molecule is C=CC(=O)N(CC)CC(=O)NC(C)c1ccc(OC)c(Cn2cccn2)c1. The fraction of sp³-hybridized carbons (Fsp3) is 0.350. The van der Waals surface area contributed by atoms with E-state index in [1.54, 1.807) is 13.3 Å². The van der Waals surface area contributed by atoms with Gasteiger partial charge in [-0.15, -0.1) is 0 Å². The van der Waals surface area contributed by atoms with Crippen LogP contribution in [0.3, 0.4) is 0 Å². The number of carbonyl (C=O) groups excluding carboxylic acids is 2. The first-order chi connectivity index (χ1) is 13.0. The van der Waals surface area contributed by atoms with E-state index in [0.717, 1.165) is 16.9 Å². The molecule has 0 saturated carbocycles. The number of amides is 2. The van der Waals surface area contributed by atoms with Crippen molar-refractivity contribution in [1.82, 2.24) is 20.0 Å². The van der Waals surface area contributed by atoms with E-state index in [9.17, 15) is 9.59 Å². The zero-order valence-corrected chi connectivity index (χ0v) is 16.0. The summed E-state index contributed by atoms with van der Waals surface area (Å²) in [4.78, 5) is 25.4. The van der Waals surface area contributed by atoms with Crippen molar-refractivity contribution in [2.75, 3.05) is 20.2 Å². The molecule has 0 aliphatic heterocycles. The first-order valence-electron chi connectivity index (χ1n) is 8.83. The third-order valence-corrected chi connectivity index (χ3v) is 4.28. The number of carbonyl (C=O) groups is 2. The van der Waals surface area contributed by atoms with Crippen LogP contribution >= 0.6 is 0 Å². The van der Waals surface area contributed by atoms with Gasteiger partial charge in [0.2, 0.25) is 11.8 Å². The van der Waals surface area contributed by atoms with Crippen molar-refractivity contribution in [3.63, 3.8) is 0 Å². The van der Waals surface area contributed by atoms with E-state index in [4.69, 9.17) is 4.74 Å². The standard InChI is InChI=1S/C20H26N4O3/c1-5-20(26)23(6-2)14-19(25)22-15(3)16-8-9-18(27-4)17(12-16)13-24-11-7-10-21-24/h5,7-12,15H,1,6,13-14H2,2-4H3,(H,22,25). The molecule has 2 amide bonds. The van der Waals surface area contributed by atoms with Crippen molar-refractivity contribution in [2.24, 2.45) is 0 Å². The monoisotopic (exact) mass is 370 g/mol. The summed E-state index contributed by atoms with van der Waals surface area (Å²) in [5, 5.41) is 7.16. The molecule has 1 aromatic heterocycles. The zero-order valence-electron chi connectivity index (χ0n) is 16.0. The molecule has 0 bridgehead atoms. The van der Waals surface area contributed by atoms with Crippen molar-refractivity contribution in [1.29, 1.82) is 0 Å². The Balaban J connectivity index is 2.09. The number of benzene rings is 1. The number of aromatic nitrogens is 2. The van der Waals surface area contributed by atoms with Gasteiger partial charge >= 0.3 is 0 Å². The Hall–Kier alpha value is -3.09. The summed E-state index contributed by atoms with van der Waals surface area (Å²) in [6, 6.07) is 7.46. The van der Waals surface area contributed by atoms with Gasteiger partial charge in [0, 0.05) is 24.5 Å². The maximum absolute atomic E-state index is 12.3. The zero-order chi connectivity index (χ0) is 19.8. The molecule has 1 N–H and O–H groups in total. The van der Waals surface area contributed by atoms with Gasteiger partial charge < -0.3 is 15.0 Å². The molecule has 2 aromatic rings. The largest absolute Gasteiger partial charge is 0.496 e. The molecule has 7 heteroatoms. The molecule has 0 saturated heterocycles. The lowest BCUT2D eigenvalue weighted by Crippen LogP contribution is -2.40. The Bertz CT molecular complexity index is 787. The molecule has 1 aromatic carbocycles. The Labute approximate surface area is 159 Å². The molecule has 1 unspecified atom stereocenters. The summed E-state index contributed by atoms with van der Waals surface area (Å²) < 4.78 is 7.24. The Kier molecular flexibility index (Phi) is 7.16. The number of ether oxygens (including phenoxy) is 1. The van der Waals surface area contributed by atoms with Crippen LogP contribution < -0.4 is 10.1 Å². The van der Waals surface area contributed by atoms with E-state index >= 15 is 0 Å². The summed E-state index contributed by atoms with van der Waals surface area (Å²) in [5.41, 5.74) is 1.92. The number of hydrogen-bond donors (Lipinski definition) is 1. The minimum absolute atomic E-state index is 0.00198. The average Bonchev–Trinajstić information content (AvgIpc) is 3.18. The number of nitrogens with zero attached hydrogens (tertiary/aromatic N) is 3. The highest BCUT2D eigenvalue weighted by Gasteiger charge is 2.16. The minimum atomic E-state index is -0.258. The average molecular weight is 370 g/mol. The second-order valence-electron chi connectivity index (χ2n) is 6.12. The predicted molar refractivity (Wildman–Crippen MR) is 103 cm³/mol. The Morgan fingerprint density at radius 1 is 1.44 bits per heavy atom. The van der Waals surface area contributed by atoms with Crippen LogP contribution in [0.15, 0.2) is 49.3 Å². The molecule has 1 heterocycles. The number of hydrogen-bond acceptors (Lipinski definition) is 4. The van der Waals surface area contributed by atoms with Crippen LogP contribution in [0, 0.1) is 0 Å². The molecule has 0 aliphatic carbocycles. The van der Waals surface area contributed by atoms with Crippen molar-refractivity contribution < 1.29 is 14.3 Å². The minimum Gasteiger partial charge on any atom is -0.496 e. The highest BCUT2D eigenvalue weighted by Crippen LogP contribution is 2.24. The second kappa shape index (κ2) is 9.56.